The lowest BCUT2D eigenvalue weighted by Gasteiger charge is -2.27. The van der Waals surface area contributed by atoms with E-state index in [9.17, 15) is 0 Å². The van der Waals surface area contributed by atoms with Crippen LogP contribution in [0.2, 0.25) is 0 Å². The van der Waals surface area contributed by atoms with Gasteiger partial charge in [0.25, 0.3) is 0 Å². The fourth-order valence-electron chi connectivity index (χ4n) is 3.36. The summed E-state index contributed by atoms with van der Waals surface area (Å²) in [7, 11) is 6.02. The predicted octanol–water partition coefficient (Wildman–Crippen LogP) is 3.47. The minimum Gasteiger partial charge on any atom is -0.497 e. The maximum Gasteiger partial charge on any atom is 0.119 e. The summed E-state index contributed by atoms with van der Waals surface area (Å²) in [4.78, 5) is 2.29. The van der Waals surface area contributed by atoms with E-state index in [2.05, 4.69) is 49.4 Å². The van der Waals surface area contributed by atoms with E-state index in [1.807, 2.05) is 6.07 Å². The van der Waals surface area contributed by atoms with Gasteiger partial charge in [-0.3, -0.25) is 0 Å². The van der Waals surface area contributed by atoms with Crippen LogP contribution in [0.3, 0.4) is 0 Å². The van der Waals surface area contributed by atoms with Crippen LogP contribution in [0.5, 0.6) is 5.75 Å². The summed E-state index contributed by atoms with van der Waals surface area (Å²) in [6.07, 6.45) is 5.39. The third-order valence-electron chi connectivity index (χ3n) is 4.82. The topological polar surface area (TPSA) is 24.5 Å². The molecule has 0 heterocycles. The van der Waals surface area contributed by atoms with Gasteiger partial charge < -0.3 is 15.0 Å². The SMILES string of the molecule is CCC1CCC(NCC(c2cccc(OC)c2)N(C)C)C1. The fourth-order valence-corrected chi connectivity index (χ4v) is 3.36. The van der Waals surface area contributed by atoms with Crippen LogP contribution in [0.25, 0.3) is 0 Å². The van der Waals surface area contributed by atoms with Crippen molar-refractivity contribution >= 4 is 0 Å². The molecule has 0 aliphatic heterocycles. The maximum atomic E-state index is 5.35. The van der Waals surface area contributed by atoms with Crippen molar-refractivity contribution in [1.29, 1.82) is 0 Å². The average Bonchev–Trinajstić information content (AvgIpc) is 2.95. The standard InChI is InChI=1S/C18H30N2O/c1-5-14-9-10-16(11-14)19-13-18(20(2)3)15-7-6-8-17(12-15)21-4/h6-8,12,14,16,18-19H,5,9-11,13H2,1-4H3. The zero-order chi connectivity index (χ0) is 15.2. The highest BCUT2D eigenvalue weighted by Gasteiger charge is 2.24. The van der Waals surface area contributed by atoms with Crippen LogP contribution in [0, 0.1) is 5.92 Å². The summed E-state index contributed by atoms with van der Waals surface area (Å²) in [6.45, 7) is 3.31. The number of ether oxygens (including phenoxy) is 1. The van der Waals surface area contributed by atoms with Gasteiger partial charge in [0.15, 0.2) is 0 Å². The van der Waals surface area contributed by atoms with Crippen molar-refractivity contribution in [3.63, 3.8) is 0 Å². The third-order valence-corrected chi connectivity index (χ3v) is 4.82. The van der Waals surface area contributed by atoms with Crippen LogP contribution >= 0.6 is 0 Å². The number of rotatable bonds is 7. The number of hydrogen-bond acceptors (Lipinski definition) is 3. The number of likely N-dealkylation sites (N-methyl/N-ethyl adjacent to an activating group) is 1. The molecule has 1 fully saturated rings. The molecule has 0 aromatic heterocycles. The normalized spacial score (nSPS) is 23.5. The molecule has 0 saturated heterocycles. The molecule has 1 aromatic carbocycles. The van der Waals surface area contributed by atoms with E-state index in [1.54, 1.807) is 7.11 Å². The molecule has 1 aromatic rings. The van der Waals surface area contributed by atoms with Gasteiger partial charge >= 0.3 is 0 Å². The van der Waals surface area contributed by atoms with E-state index in [0.717, 1.165) is 18.2 Å². The Labute approximate surface area is 129 Å². The fraction of sp³-hybridized carbons (Fsp3) is 0.667. The molecule has 0 bridgehead atoms. The maximum absolute atomic E-state index is 5.35. The molecule has 3 nitrogen and oxygen atoms in total. The van der Waals surface area contributed by atoms with Gasteiger partial charge in [-0.05, 0) is 57.0 Å². The Morgan fingerprint density at radius 2 is 2.14 bits per heavy atom. The molecule has 2 rings (SSSR count). The summed E-state index contributed by atoms with van der Waals surface area (Å²) in [5.74, 6) is 1.86. The Bertz CT molecular complexity index is 433. The lowest BCUT2D eigenvalue weighted by Crippen LogP contribution is -2.36. The zero-order valence-corrected chi connectivity index (χ0v) is 13.9. The van der Waals surface area contributed by atoms with E-state index in [4.69, 9.17) is 4.74 Å². The van der Waals surface area contributed by atoms with Crippen molar-refractivity contribution in [2.75, 3.05) is 27.7 Å². The molecule has 118 valence electrons. The molecule has 0 radical (unpaired) electrons. The third kappa shape index (κ3) is 4.45. The first-order valence-electron chi connectivity index (χ1n) is 8.17. The number of hydrogen-bond donors (Lipinski definition) is 1. The molecule has 1 saturated carbocycles. The second kappa shape index (κ2) is 7.81. The van der Waals surface area contributed by atoms with Gasteiger partial charge in [0.05, 0.1) is 7.11 Å². The zero-order valence-electron chi connectivity index (χ0n) is 13.9. The Balaban J connectivity index is 1.96. The number of benzene rings is 1. The van der Waals surface area contributed by atoms with Gasteiger partial charge in [-0.1, -0.05) is 25.5 Å². The number of nitrogens with zero attached hydrogens (tertiary/aromatic N) is 1. The quantitative estimate of drug-likeness (QED) is 0.832. The molecule has 1 aliphatic rings. The highest BCUT2D eigenvalue weighted by Crippen LogP contribution is 2.29. The van der Waals surface area contributed by atoms with Crippen LogP contribution in [0.4, 0.5) is 0 Å². The Hall–Kier alpha value is -1.06. The summed E-state index contributed by atoms with van der Waals surface area (Å²) in [6, 6.07) is 9.51. The van der Waals surface area contributed by atoms with Gasteiger partial charge in [-0.15, -0.1) is 0 Å². The lowest BCUT2D eigenvalue weighted by atomic mass is 10.0. The first-order chi connectivity index (χ1) is 10.1. The van der Waals surface area contributed by atoms with E-state index < -0.39 is 0 Å². The van der Waals surface area contributed by atoms with Crippen LogP contribution in [-0.4, -0.2) is 38.7 Å². The second-order valence-corrected chi connectivity index (χ2v) is 6.45. The highest BCUT2D eigenvalue weighted by molar-refractivity contribution is 5.30. The van der Waals surface area contributed by atoms with E-state index in [-0.39, 0.29) is 0 Å². The molecule has 3 heteroatoms. The molecule has 3 atom stereocenters. The Morgan fingerprint density at radius 1 is 1.33 bits per heavy atom. The summed E-state index contributed by atoms with van der Waals surface area (Å²) >= 11 is 0. The van der Waals surface area contributed by atoms with Crippen molar-refractivity contribution in [2.45, 2.75) is 44.7 Å². The van der Waals surface area contributed by atoms with Crippen LogP contribution < -0.4 is 10.1 Å². The minimum absolute atomic E-state index is 0.390. The van der Waals surface area contributed by atoms with Crippen molar-refractivity contribution in [1.82, 2.24) is 10.2 Å². The number of methoxy groups -OCH3 is 1. The molecule has 1 N–H and O–H groups in total. The van der Waals surface area contributed by atoms with Crippen molar-refractivity contribution in [3.05, 3.63) is 29.8 Å². The van der Waals surface area contributed by atoms with Crippen molar-refractivity contribution in [3.8, 4) is 5.75 Å². The molecule has 0 amide bonds. The Morgan fingerprint density at radius 3 is 2.76 bits per heavy atom. The van der Waals surface area contributed by atoms with Crippen LogP contribution in [0.1, 0.15) is 44.2 Å². The summed E-state index contributed by atoms with van der Waals surface area (Å²) < 4.78 is 5.35. The summed E-state index contributed by atoms with van der Waals surface area (Å²) in [5.41, 5.74) is 1.32. The first-order valence-corrected chi connectivity index (χ1v) is 8.17. The van der Waals surface area contributed by atoms with Gasteiger partial charge in [0, 0.05) is 18.6 Å². The second-order valence-electron chi connectivity index (χ2n) is 6.45. The monoisotopic (exact) mass is 290 g/mol. The molecular formula is C18H30N2O. The molecular weight excluding hydrogens is 260 g/mol. The highest BCUT2D eigenvalue weighted by atomic mass is 16.5. The van der Waals surface area contributed by atoms with Gasteiger partial charge in [-0.25, -0.2) is 0 Å². The first kappa shape index (κ1) is 16.3. The van der Waals surface area contributed by atoms with Crippen molar-refractivity contribution in [2.24, 2.45) is 5.92 Å². The van der Waals surface area contributed by atoms with Crippen LogP contribution in [0.15, 0.2) is 24.3 Å². The minimum atomic E-state index is 0.390. The molecule has 1 aliphatic carbocycles. The molecule has 0 spiro atoms. The Kier molecular flexibility index (Phi) is 6.07. The smallest absolute Gasteiger partial charge is 0.119 e. The van der Waals surface area contributed by atoms with Crippen molar-refractivity contribution < 1.29 is 4.74 Å². The largest absolute Gasteiger partial charge is 0.497 e. The summed E-state index contributed by atoms with van der Waals surface area (Å²) in [5, 5.41) is 3.78. The lowest BCUT2D eigenvalue weighted by molar-refractivity contribution is 0.277. The predicted molar refractivity (Wildman–Crippen MR) is 88.8 cm³/mol. The average molecular weight is 290 g/mol. The van der Waals surface area contributed by atoms with Gasteiger partial charge in [0.1, 0.15) is 5.75 Å². The van der Waals surface area contributed by atoms with Crippen LogP contribution in [-0.2, 0) is 0 Å². The number of nitrogens with one attached hydrogen (secondary N) is 1. The van der Waals surface area contributed by atoms with Gasteiger partial charge in [0.2, 0.25) is 0 Å². The van der Waals surface area contributed by atoms with E-state index in [0.29, 0.717) is 12.1 Å². The molecule has 21 heavy (non-hydrogen) atoms. The van der Waals surface area contributed by atoms with E-state index in [1.165, 1.54) is 31.2 Å². The van der Waals surface area contributed by atoms with E-state index >= 15 is 0 Å². The molecule has 3 unspecified atom stereocenters. The van der Waals surface area contributed by atoms with Gasteiger partial charge in [-0.2, -0.15) is 0 Å².